The molecule has 174 valence electrons. The van der Waals surface area contributed by atoms with E-state index in [9.17, 15) is 14.4 Å². The maximum Gasteiger partial charge on any atom is 0.326 e. The van der Waals surface area contributed by atoms with Crippen LogP contribution in [0.25, 0.3) is 0 Å². The fraction of sp³-hybridized carbons (Fsp3) is 0.625. The van der Waals surface area contributed by atoms with Crippen LogP contribution in [0.3, 0.4) is 0 Å². The minimum atomic E-state index is -0.696. The second-order valence-corrected chi connectivity index (χ2v) is 9.00. The molecule has 1 rings (SSSR count). The number of esters is 1. The molecule has 2 amide bonds. The van der Waals surface area contributed by atoms with Gasteiger partial charge >= 0.3 is 5.97 Å². The molecular weight excluding hydrogens is 394 g/mol. The van der Waals surface area contributed by atoms with E-state index in [1.165, 1.54) is 4.90 Å². The molecule has 0 fully saturated rings. The van der Waals surface area contributed by atoms with Crippen LogP contribution in [0.1, 0.15) is 45.7 Å². The molecule has 31 heavy (non-hydrogen) atoms. The molecule has 0 bridgehead atoms. The van der Waals surface area contributed by atoms with E-state index < -0.39 is 17.6 Å². The van der Waals surface area contributed by atoms with E-state index in [2.05, 4.69) is 0 Å². The Kier molecular flexibility index (Phi) is 10.2. The first-order valence-electron chi connectivity index (χ1n) is 10.9. The van der Waals surface area contributed by atoms with E-state index in [4.69, 9.17) is 4.74 Å². The van der Waals surface area contributed by atoms with Crippen molar-refractivity contribution in [2.45, 2.75) is 59.6 Å². The van der Waals surface area contributed by atoms with Gasteiger partial charge in [0.05, 0.1) is 6.54 Å². The van der Waals surface area contributed by atoms with Gasteiger partial charge in [0.1, 0.15) is 18.2 Å². The quantitative estimate of drug-likeness (QED) is 0.530. The van der Waals surface area contributed by atoms with E-state index in [1.54, 1.807) is 32.7 Å². The molecule has 0 aliphatic carbocycles. The van der Waals surface area contributed by atoms with E-state index in [0.29, 0.717) is 13.0 Å². The highest BCUT2D eigenvalue weighted by molar-refractivity contribution is 5.90. The van der Waals surface area contributed by atoms with Crippen molar-refractivity contribution in [3.63, 3.8) is 0 Å². The number of carbonyl (C=O) groups is 3. The lowest BCUT2D eigenvalue weighted by Gasteiger charge is -2.34. The van der Waals surface area contributed by atoms with Crippen LogP contribution in [0.4, 0.5) is 0 Å². The third kappa shape index (κ3) is 9.09. The fourth-order valence-electron chi connectivity index (χ4n) is 3.18. The van der Waals surface area contributed by atoms with Crippen LogP contribution in [0.15, 0.2) is 24.3 Å². The van der Waals surface area contributed by atoms with Gasteiger partial charge in [-0.1, -0.05) is 36.8 Å². The number of aryl methyl sites for hydroxylation is 1. The normalized spacial score (nSPS) is 12.4. The molecule has 7 heteroatoms. The maximum absolute atomic E-state index is 13.4. The summed E-state index contributed by atoms with van der Waals surface area (Å²) in [5.74, 6) is -0.860. The Morgan fingerprint density at radius 3 is 2.03 bits per heavy atom. The lowest BCUT2D eigenvalue weighted by atomic mass is 10.0. The van der Waals surface area contributed by atoms with Gasteiger partial charge in [0.15, 0.2) is 0 Å². The van der Waals surface area contributed by atoms with Gasteiger partial charge in [-0.05, 0) is 53.8 Å². The number of carbonyl (C=O) groups excluding carboxylic acids is 3. The van der Waals surface area contributed by atoms with Gasteiger partial charge in [0.2, 0.25) is 11.8 Å². The summed E-state index contributed by atoms with van der Waals surface area (Å²) in [6.45, 7) is 12.4. The van der Waals surface area contributed by atoms with Gasteiger partial charge in [-0.15, -0.1) is 0 Å². The summed E-state index contributed by atoms with van der Waals surface area (Å²) >= 11 is 0. The molecule has 0 aliphatic rings. The van der Waals surface area contributed by atoms with Crippen molar-refractivity contribution < 1.29 is 19.1 Å². The van der Waals surface area contributed by atoms with Gasteiger partial charge in [-0.2, -0.15) is 0 Å². The Bertz CT molecular complexity index is 740. The first kappa shape index (κ1) is 26.6. The first-order chi connectivity index (χ1) is 14.4. The molecule has 0 aliphatic heterocycles. The zero-order valence-electron chi connectivity index (χ0n) is 20.4. The van der Waals surface area contributed by atoms with Crippen molar-refractivity contribution >= 4 is 17.8 Å². The number of ether oxygens (including phenoxy) is 1. The van der Waals surface area contributed by atoms with Crippen LogP contribution in [0.5, 0.6) is 0 Å². The summed E-state index contributed by atoms with van der Waals surface area (Å²) in [5, 5.41) is 0. The molecule has 1 atom stereocenters. The number of likely N-dealkylation sites (N-methyl/N-ethyl adjacent to an activating group) is 3. The summed E-state index contributed by atoms with van der Waals surface area (Å²) in [7, 11) is 3.45. The molecule has 1 aromatic rings. The third-order valence-electron chi connectivity index (χ3n) is 4.98. The first-order valence-corrected chi connectivity index (χ1v) is 10.9. The zero-order valence-corrected chi connectivity index (χ0v) is 20.4. The molecule has 1 aromatic carbocycles. The van der Waals surface area contributed by atoms with Crippen molar-refractivity contribution in [2.24, 2.45) is 0 Å². The molecule has 0 spiro atoms. The van der Waals surface area contributed by atoms with Gasteiger partial charge in [0.25, 0.3) is 0 Å². The largest absolute Gasteiger partial charge is 0.459 e. The molecule has 0 unspecified atom stereocenters. The number of hydrogen-bond acceptors (Lipinski definition) is 5. The molecule has 7 nitrogen and oxygen atoms in total. The Balaban J connectivity index is 3.11. The van der Waals surface area contributed by atoms with Gasteiger partial charge < -0.3 is 14.5 Å². The number of rotatable bonds is 10. The number of hydrogen-bond donors (Lipinski definition) is 0. The lowest BCUT2D eigenvalue weighted by molar-refractivity contribution is -0.159. The van der Waals surface area contributed by atoms with Crippen LogP contribution in [-0.2, 0) is 25.5 Å². The van der Waals surface area contributed by atoms with E-state index >= 15 is 0 Å². The molecule has 0 aromatic heterocycles. The average Bonchev–Trinajstić information content (AvgIpc) is 2.66. The lowest BCUT2D eigenvalue weighted by Crippen LogP contribution is -2.54. The molecule has 0 heterocycles. The minimum Gasteiger partial charge on any atom is -0.459 e. The van der Waals surface area contributed by atoms with Crippen molar-refractivity contribution in [2.75, 3.05) is 40.3 Å². The molecule has 0 N–H and O–H groups in total. The monoisotopic (exact) mass is 433 g/mol. The van der Waals surface area contributed by atoms with Gasteiger partial charge in [-0.25, -0.2) is 0 Å². The van der Waals surface area contributed by atoms with Crippen molar-refractivity contribution in [1.29, 1.82) is 0 Å². The molecule has 0 saturated heterocycles. The predicted octanol–water partition coefficient (Wildman–Crippen LogP) is 2.51. The highest BCUT2D eigenvalue weighted by atomic mass is 16.6. The summed E-state index contributed by atoms with van der Waals surface area (Å²) in [4.78, 5) is 43.5. The summed E-state index contributed by atoms with van der Waals surface area (Å²) in [6.07, 6.45) is 0.382. The summed E-state index contributed by atoms with van der Waals surface area (Å²) in [6, 6.07) is 7.23. The second kappa shape index (κ2) is 11.8. The highest BCUT2D eigenvalue weighted by Gasteiger charge is 2.32. The number of amides is 2. The second-order valence-electron chi connectivity index (χ2n) is 9.00. The average molecular weight is 434 g/mol. The Morgan fingerprint density at radius 2 is 1.55 bits per heavy atom. The van der Waals surface area contributed by atoms with E-state index in [-0.39, 0.29) is 24.9 Å². The Labute approximate surface area is 187 Å². The van der Waals surface area contributed by atoms with E-state index in [1.807, 2.05) is 57.0 Å². The van der Waals surface area contributed by atoms with Crippen LogP contribution >= 0.6 is 0 Å². The predicted molar refractivity (Wildman–Crippen MR) is 123 cm³/mol. The van der Waals surface area contributed by atoms with E-state index in [0.717, 1.165) is 17.7 Å². The van der Waals surface area contributed by atoms with Gasteiger partial charge in [-0.3, -0.25) is 19.3 Å². The summed E-state index contributed by atoms with van der Waals surface area (Å²) < 4.78 is 5.35. The molecular formula is C24H39N3O4. The Hall–Kier alpha value is -2.41. The standard InChI is InChI=1S/C24H39N3O4/c1-9-25(7)16-21(28)27(10-2)20(15-19-13-11-18(3)12-14-19)23(30)26(8)17-22(29)31-24(4,5)6/h11-14,20H,9-10,15-17H2,1-8H3/t20-/m0/s1. The van der Waals surface area contributed by atoms with Crippen LogP contribution in [-0.4, -0.2) is 84.4 Å². The number of nitrogens with zero attached hydrogens (tertiary/aromatic N) is 3. The van der Waals surface area contributed by atoms with Crippen LogP contribution in [0, 0.1) is 6.92 Å². The molecule has 0 radical (unpaired) electrons. The fourth-order valence-corrected chi connectivity index (χ4v) is 3.18. The minimum absolute atomic E-state index is 0.108. The SMILES string of the molecule is CCN(C)CC(=O)N(CC)[C@@H](Cc1ccc(C)cc1)C(=O)N(C)CC(=O)OC(C)(C)C. The Morgan fingerprint density at radius 1 is 0.968 bits per heavy atom. The van der Waals surface area contributed by atoms with Crippen LogP contribution < -0.4 is 0 Å². The third-order valence-corrected chi connectivity index (χ3v) is 4.98. The van der Waals surface area contributed by atoms with Gasteiger partial charge in [0, 0.05) is 20.0 Å². The zero-order chi connectivity index (χ0) is 23.8. The number of benzene rings is 1. The van der Waals surface area contributed by atoms with Crippen molar-refractivity contribution in [3.8, 4) is 0 Å². The smallest absolute Gasteiger partial charge is 0.326 e. The van der Waals surface area contributed by atoms with Crippen molar-refractivity contribution in [1.82, 2.24) is 14.7 Å². The maximum atomic E-state index is 13.4. The molecule has 0 saturated carbocycles. The van der Waals surface area contributed by atoms with Crippen molar-refractivity contribution in [3.05, 3.63) is 35.4 Å². The summed E-state index contributed by atoms with van der Waals surface area (Å²) in [5.41, 5.74) is 1.46. The van der Waals surface area contributed by atoms with Crippen LogP contribution in [0.2, 0.25) is 0 Å². The highest BCUT2D eigenvalue weighted by Crippen LogP contribution is 2.15. The topological polar surface area (TPSA) is 70.2 Å².